The van der Waals surface area contributed by atoms with Gasteiger partial charge in [0.2, 0.25) is 5.91 Å². The summed E-state index contributed by atoms with van der Waals surface area (Å²) in [5, 5.41) is 3.40. The Morgan fingerprint density at radius 1 is 1.50 bits per heavy atom. The number of nitrogen functional groups attached to an aromatic ring is 1. The van der Waals surface area contributed by atoms with E-state index in [0.717, 1.165) is 19.6 Å². The van der Waals surface area contributed by atoms with Gasteiger partial charge in [-0.05, 0) is 32.2 Å². The molecule has 1 heterocycles. The average Bonchev–Trinajstić information content (AvgIpc) is 2.37. The van der Waals surface area contributed by atoms with Gasteiger partial charge >= 0.3 is 0 Å². The molecule has 1 aliphatic rings. The van der Waals surface area contributed by atoms with E-state index in [1.807, 2.05) is 0 Å². The highest BCUT2D eigenvalue weighted by Crippen LogP contribution is 2.22. The Morgan fingerprint density at radius 2 is 2.25 bits per heavy atom. The van der Waals surface area contributed by atoms with Gasteiger partial charge in [0.25, 0.3) is 0 Å². The highest BCUT2D eigenvalue weighted by molar-refractivity contribution is 6.31. The van der Waals surface area contributed by atoms with E-state index < -0.39 is 0 Å². The fourth-order valence-corrected chi connectivity index (χ4v) is 2.49. The van der Waals surface area contributed by atoms with Crippen LogP contribution in [0, 0.1) is 0 Å². The summed E-state index contributed by atoms with van der Waals surface area (Å²) < 4.78 is 0. The second kappa shape index (κ2) is 6.43. The molecule has 1 amide bonds. The predicted octanol–water partition coefficient (Wildman–Crippen LogP) is 1.50. The van der Waals surface area contributed by atoms with Gasteiger partial charge in [0, 0.05) is 30.7 Å². The van der Waals surface area contributed by atoms with Crippen LogP contribution in [0.15, 0.2) is 18.2 Å². The Bertz CT molecular complexity index is 494. The average molecular weight is 297 g/mol. The molecule has 1 unspecified atom stereocenters. The van der Waals surface area contributed by atoms with Crippen LogP contribution in [-0.4, -0.2) is 55.0 Å². The zero-order chi connectivity index (χ0) is 14.7. The van der Waals surface area contributed by atoms with E-state index in [4.69, 9.17) is 17.3 Å². The number of amides is 1. The number of hydrogen-bond donors (Lipinski definition) is 2. The molecule has 1 aromatic rings. The molecule has 0 aromatic heterocycles. The van der Waals surface area contributed by atoms with Gasteiger partial charge in [-0.2, -0.15) is 0 Å². The summed E-state index contributed by atoms with van der Waals surface area (Å²) in [5.74, 6) is -0.0456. The van der Waals surface area contributed by atoms with Gasteiger partial charge in [-0.1, -0.05) is 11.6 Å². The molecular formula is C14H21ClN4O. The SMILES string of the molecule is CC1CN(CC(=O)Nc2ccc(Cl)cc2N)CCN1C. The minimum absolute atomic E-state index is 0.0456. The highest BCUT2D eigenvalue weighted by atomic mass is 35.5. The second-order valence-corrected chi connectivity index (χ2v) is 5.78. The number of piperazine rings is 1. The van der Waals surface area contributed by atoms with Crippen LogP contribution in [0.4, 0.5) is 11.4 Å². The Morgan fingerprint density at radius 3 is 2.90 bits per heavy atom. The third-order valence-electron chi connectivity index (χ3n) is 3.70. The number of carbonyl (C=O) groups excluding carboxylic acids is 1. The van der Waals surface area contributed by atoms with Crippen LogP contribution in [0.25, 0.3) is 0 Å². The predicted molar refractivity (Wildman–Crippen MR) is 83.0 cm³/mol. The Labute approximate surface area is 124 Å². The van der Waals surface area contributed by atoms with Crippen molar-refractivity contribution >= 4 is 28.9 Å². The first kappa shape index (κ1) is 15.1. The molecule has 0 saturated carbocycles. The maximum Gasteiger partial charge on any atom is 0.238 e. The van der Waals surface area contributed by atoms with Crippen molar-refractivity contribution in [3.63, 3.8) is 0 Å². The summed E-state index contributed by atoms with van der Waals surface area (Å²) in [6.45, 7) is 5.35. The van der Waals surface area contributed by atoms with Crippen LogP contribution in [0.1, 0.15) is 6.92 Å². The Kier molecular flexibility index (Phi) is 4.86. The van der Waals surface area contributed by atoms with E-state index in [0.29, 0.717) is 29.0 Å². The maximum atomic E-state index is 12.1. The molecule has 5 nitrogen and oxygen atoms in total. The summed E-state index contributed by atoms with van der Waals surface area (Å²) in [5.41, 5.74) is 6.92. The molecule has 1 atom stereocenters. The Balaban J connectivity index is 1.89. The summed E-state index contributed by atoms with van der Waals surface area (Å²) >= 11 is 5.83. The number of nitrogens with one attached hydrogen (secondary N) is 1. The van der Waals surface area contributed by atoms with Crippen LogP contribution >= 0.6 is 11.6 Å². The van der Waals surface area contributed by atoms with E-state index in [9.17, 15) is 4.79 Å². The van der Waals surface area contributed by atoms with Crippen molar-refractivity contribution in [2.24, 2.45) is 0 Å². The van der Waals surface area contributed by atoms with Gasteiger partial charge in [-0.15, -0.1) is 0 Å². The number of nitrogens with two attached hydrogens (primary N) is 1. The van der Waals surface area contributed by atoms with Crippen molar-refractivity contribution in [1.82, 2.24) is 9.80 Å². The molecule has 0 bridgehead atoms. The van der Waals surface area contributed by atoms with E-state index in [1.165, 1.54) is 0 Å². The van der Waals surface area contributed by atoms with Crippen molar-refractivity contribution in [2.75, 3.05) is 44.3 Å². The molecule has 1 aliphatic heterocycles. The van der Waals surface area contributed by atoms with Gasteiger partial charge < -0.3 is 16.0 Å². The van der Waals surface area contributed by atoms with Gasteiger partial charge in [0.05, 0.1) is 17.9 Å². The lowest BCUT2D eigenvalue weighted by molar-refractivity contribution is -0.117. The molecule has 1 saturated heterocycles. The van der Waals surface area contributed by atoms with Crippen molar-refractivity contribution in [3.05, 3.63) is 23.2 Å². The van der Waals surface area contributed by atoms with Gasteiger partial charge in [-0.3, -0.25) is 9.69 Å². The van der Waals surface area contributed by atoms with Gasteiger partial charge in [0.15, 0.2) is 0 Å². The number of benzene rings is 1. The highest BCUT2D eigenvalue weighted by Gasteiger charge is 2.22. The number of likely N-dealkylation sites (N-methyl/N-ethyl adjacent to an activating group) is 1. The lowest BCUT2D eigenvalue weighted by atomic mass is 10.2. The number of hydrogen-bond acceptors (Lipinski definition) is 4. The standard InChI is InChI=1S/C14H21ClN4O/c1-10-8-19(6-5-18(10)2)9-14(20)17-13-4-3-11(15)7-12(13)16/h3-4,7,10H,5-6,8-9,16H2,1-2H3,(H,17,20). The molecule has 0 aliphatic carbocycles. The number of anilines is 2. The minimum Gasteiger partial charge on any atom is -0.397 e. The minimum atomic E-state index is -0.0456. The first-order chi connectivity index (χ1) is 9.45. The normalized spacial score (nSPS) is 20.9. The van der Waals surface area contributed by atoms with Gasteiger partial charge in [-0.25, -0.2) is 0 Å². The molecule has 2 rings (SSSR count). The number of carbonyl (C=O) groups is 1. The lowest BCUT2D eigenvalue weighted by Gasteiger charge is -2.37. The van der Waals surface area contributed by atoms with Crippen molar-refractivity contribution in [3.8, 4) is 0 Å². The fraction of sp³-hybridized carbons (Fsp3) is 0.500. The summed E-state index contributed by atoms with van der Waals surface area (Å²) in [7, 11) is 2.11. The molecule has 0 spiro atoms. The summed E-state index contributed by atoms with van der Waals surface area (Å²) in [6, 6.07) is 5.54. The number of rotatable bonds is 3. The third-order valence-corrected chi connectivity index (χ3v) is 3.93. The zero-order valence-corrected chi connectivity index (χ0v) is 12.7. The zero-order valence-electron chi connectivity index (χ0n) is 11.9. The summed E-state index contributed by atoms with van der Waals surface area (Å²) in [4.78, 5) is 16.5. The van der Waals surface area contributed by atoms with Crippen molar-refractivity contribution in [2.45, 2.75) is 13.0 Å². The van der Waals surface area contributed by atoms with Crippen LogP contribution in [-0.2, 0) is 4.79 Å². The molecular weight excluding hydrogens is 276 g/mol. The quantitative estimate of drug-likeness (QED) is 0.830. The molecule has 6 heteroatoms. The lowest BCUT2D eigenvalue weighted by Crippen LogP contribution is -2.51. The molecule has 20 heavy (non-hydrogen) atoms. The first-order valence-corrected chi connectivity index (χ1v) is 7.11. The topological polar surface area (TPSA) is 61.6 Å². The van der Waals surface area contributed by atoms with E-state index in [1.54, 1.807) is 18.2 Å². The van der Waals surface area contributed by atoms with Crippen LogP contribution in [0.2, 0.25) is 5.02 Å². The van der Waals surface area contributed by atoms with E-state index in [-0.39, 0.29) is 5.91 Å². The molecule has 0 radical (unpaired) electrons. The third kappa shape index (κ3) is 3.85. The van der Waals surface area contributed by atoms with Gasteiger partial charge in [0.1, 0.15) is 0 Å². The molecule has 3 N–H and O–H groups in total. The molecule has 1 fully saturated rings. The monoisotopic (exact) mass is 296 g/mol. The number of nitrogens with zero attached hydrogens (tertiary/aromatic N) is 2. The van der Waals surface area contributed by atoms with E-state index in [2.05, 4.69) is 29.1 Å². The first-order valence-electron chi connectivity index (χ1n) is 6.73. The fourth-order valence-electron chi connectivity index (χ4n) is 2.31. The summed E-state index contributed by atoms with van der Waals surface area (Å²) in [6.07, 6.45) is 0. The van der Waals surface area contributed by atoms with E-state index >= 15 is 0 Å². The van der Waals surface area contributed by atoms with Crippen LogP contribution in [0.3, 0.4) is 0 Å². The Hall–Kier alpha value is -1.30. The smallest absolute Gasteiger partial charge is 0.238 e. The maximum absolute atomic E-state index is 12.1. The van der Waals surface area contributed by atoms with Crippen LogP contribution < -0.4 is 11.1 Å². The molecule has 110 valence electrons. The second-order valence-electron chi connectivity index (χ2n) is 5.34. The van der Waals surface area contributed by atoms with Crippen molar-refractivity contribution in [1.29, 1.82) is 0 Å². The largest absolute Gasteiger partial charge is 0.397 e. The molecule has 1 aromatic carbocycles. The number of halogens is 1. The van der Waals surface area contributed by atoms with Crippen molar-refractivity contribution < 1.29 is 4.79 Å². The van der Waals surface area contributed by atoms with Crippen LogP contribution in [0.5, 0.6) is 0 Å².